The fraction of sp³-hybridized carbons (Fsp3) is 0.188. The van der Waals surface area contributed by atoms with E-state index in [1.165, 1.54) is 11.1 Å². The van der Waals surface area contributed by atoms with Crippen LogP contribution in [0.5, 0.6) is 0 Å². The minimum absolute atomic E-state index is 0.0336. The van der Waals surface area contributed by atoms with Gasteiger partial charge in [-0.1, -0.05) is 24.3 Å². The van der Waals surface area contributed by atoms with Gasteiger partial charge in [0, 0.05) is 6.54 Å². The predicted molar refractivity (Wildman–Crippen MR) is 78.8 cm³/mol. The molecule has 1 aliphatic rings. The predicted octanol–water partition coefficient (Wildman–Crippen LogP) is 3.65. The molecule has 3 aromatic rings. The van der Waals surface area contributed by atoms with Crippen molar-refractivity contribution in [3.63, 3.8) is 0 Å². The van der Waals surface area contributed by atoms with Crippen LogP contribution in [0.4, 0.5) is 0 Å². The number of rotatable bonds is 2. The monoisotopic (exact) mass is 281 g/mol. The van der Waals surface area contributed by atoms with Gasteiger partial charge in [0.05, 0.1) is 28.4 Å². The zero-order valence-corrected chi connectivity index (χ0v) is 11.6. The van der Waals surface area contributed by atoms with Crippen LogP contribution < -0.4 is 5.32 Å². The summed E-state index contributed by atoms with van der Waals surface area (Å²) in [6, 6.07) is 12.4. The van der Waals surface area contributed by atoms with Crippen LogP contribution in [0, 0.1) is 0 Å². The van der Waals surface area contributed by atoms with Crippen molar-refractivity contribution < 1.29 is 4.42 Å². The van der Waals surface area contributed by atoms with Crippen molar-refractivity contribution in [3.8, 4) is 10.6 Å². The lowest BCUT2D eigenvalue weighted by Crippen LogP contribution is -2.25. The Hall–Kier alpha value is -1.91. The van der Waals surface area contributed by atoms with E-state index in [1.807, 2.05) is 17.6 Å². The van der Waals surface area contributed by atoms with Crippen LogP contribution in [-0.4, -0.2) is 11.5 Å². The van der Waals surface area contributed by atoms with Crippen molar-refractivity contribution >= 4 is 11.3 Å². The van der Waals surface area contributed by atoms with E-state index in [-0.39, 0.29) is 6.04 Å². The summed E-state index contributed by atoms with van der Waals surface area (Å²) >= 11 is 1.61. The second-order valence-electron chi connectivity index (χ2n) is 4.80. The van der Waals surface area contributed by atoms with Gasteiger partial charge in [0.2, 0.25) is 0 Å². The van der Waals surface area contributed by atoms with Crippen molar-refractivity contribution in [1.29, 1.82) is 0 Å². The number of furan rings is 1. The molecular weight excluding hydrogens is 268 g/mol. The molecule has 0 saturated carbocycles. The first-order valence-electron chi connectivity index (χ1n) is 6.65. The van der Waals surface area contributed by atoms with Crippen LogP contribution in [-0.2, 0) is 6.42 Å². The molecule has 0 aliphatic carbocycles. The molecule has 4 rings (SSSR count). The zero-order chi connectivity index (χ0) is 13.4. The van der Waals surface area contributed by atoms with Gasteiger partial charge in [0.15, 0.2) is 0 Å². The van der Waals surface area contributed by atoms with Gasteiger partial charge in [-0.3, -0.25) is 0 Å². The van der Waals surface area contributed by atoms with Gasteiger partial charge in [-0.25, -0.2) is 10.3 Å². The summed E-state index contributed by atoms with van der Waals surface area (Å²) in [5.41, 5.74) is 5.54. The molecule has 0 saturated heterocycles. The maximum absolute atomic E-state index is 5.53. The molecule has 1 unspecified atom stereocenters. The lowest BCUT2D eigenvalue weighted by atomic mass is 9.92. The third kappa shape index (κ3) is 1.88. The standard InChI is InChI=1S/C16H13N2OS/c1-2-5-12-11(4-1)7-8-17-14(12)15-16(20-10-18-15)13-6-3-9-19-13/h1-6,9-10,14H,7-8H2. The van der Waals surface area contributed by atoms with E-state index in [4.69, 9.17) is 9.73 Å². The lowest BCUT2D eigenvalue weighted by Gasteiger charge is -2.24. The third-order valence-corrected chi connectivity index (χ3v) is 4.50. The minimum Gasteiger partial charge on any atom is -0.463 e. The quantitative estimate of drug-likeness (QED) is 0.719. The number of nitrogens with zero attached hydrogens (tertiary/aromatic N) is 2. The number of hydrogen-bond acceptors (Lipinski definition) is 3. The molecule has 1 radical (unpaired) electrons. The van der Waals surface area contributed by atoms with Crippen molar-refractivity contribution in [2.45, 2.75) is 12.5 Å². The zero-order valence-electron chi connectivity index (χ0n) is 10.8. The molecule has 20 heavy (non-hydrogen) atoms. The van der Waals surface area contributed by atoms with Gasteiger partial charge < -0.3 is 4.42 Å². The normalized spacial score (nSPS) is 17.9. The maximum Gasteiger partial charge on any atom is 0.145 e. The number of hydrogen-bond donors (Lipinski definition) is 0. The summed E-state index contributed by atoms with van der Waals surface area (Å²) in [7, 11) is 0. The second-order valence-corrected chi connectivity index (χ2v) is 5.66. The van der Waals surface area contributed by atoms with E-state index in [0.29, 0.717) is 0 Å². The Labute approximate surface area is 121 Å². The van der Waals surface area contributed by atoms with Crippen LogP contribution in [0.15, 0.2) is 52.6 Å². The summed E-state index contributed by atoms with van der Waals surface area (Å²) in [6.07, 6.45) is 2.72. The Balaban J connectivity index is 1.82. The fourth-order valence-electron chi connectivity index (χ4n) is 2.72. The molecule has 0 amide bonds. The summed E-state index contributed by atoms with van der Waals surface area (Å²) in [5, 5.41) is 4.79. The molecule has 1 aliphatic heterocycles. The topological polar surface area (TPSA) is 40.1 Å². The van der Waals surface area contributed by atoms with Gasteiger partial charge in [0.1, 0.15) is 5.76 Å². The van der Waals surface area contributed by atoms with Crippen molar-refractivity contribution in [3.05, 3.63) is 65.0 Å². The number of thiazole rings is 1. The Morgan fingerprint density at radius 2 is 2.10 bits per heavy atom. The highest BCUT2D eigenvalue weighted by molar-refractivity contribution is 7.13. The van der Waals surface area contributed by atoms with E-state index in [0.717, 1.165) is 29.3 Å². The first kappa shape index (κ1) is 11.9. The van der Waals surface area contributed by atoms with E-state index in [9.17, 15) is 0 Å². The molecule has 1 atom stereocenters. The molecule has 4 heteroatoms. The smallest absolute Gasteiger partial charge is 0.145 e. The fourth-order valence-corrected chi connectivity index (χ4v) is 3.51. The van der Waals surface area contributed by atoms with Gasteiger partial charge in [-0.2, -0.15) is 0 Å². The van der Waals surface area contributed by atoms with E-state index in [2.05, 4.69) is 29.2 Å². The number of benzene rings is 1. The number of aromatic nitrogens is 1. The highest BCUT2D eigenvalue weighted by Crippen LogP contribution is 2.37. The van der Waals surface area contributed by atoms with Crippen molar-refractivity contribution in [2.75, 3.05) is 6.54 Å². The average Bonchev–Trinajstić information content (AvgIpc) is 3.17. The number of fused-ring (bicyclic) bond motifs is 1. The Bertz CT molecular complexity index is 718. The largest absolute Gasteiger partial charge is 0.463 e. The summed E-state index contributed by atoms with van der Waals surface area (Å²) in [4.78, 5) is 5.64. The molecular formula is C16H13N2OS. The van der Waals surface area contributed by atoms with Crippen LogP contribution in [0.25, 0.3) is 10.6 Å². The van der Waals surface area contributed by atoms with Crippen molar-refractivity contribution in [1.82, 2.24) is 10.3 Å². The van der Waals surface area contributed by atoms with Gasteiger partial charge in [0.25, 0.3) is 0 Å². The van der Waals surface area contributed by atoms with E-state index >= 15 is 0 Å². The molecule has 0 spiro atoms. The summed E-state index contributed by atoms with van der Waals surface area (Å²) < 4.78 is 5.53. The first-order valence-corrected chi connectivity index (χ1v) is 7.53. The summed E-state index contributed by atoms with van der Waals surface area (Å²) in [5.74, 6) is 0.876. The third-order valence-electron chi connectivity index (χ3n) is 3.64. The first-order chi connectivity index (χ1) is 9.93. The van der Waals surface area contributed by atoms with Gasteiger partial charge >= 0.3 is 0 Å². The van der Waals surface area contributed by atoms with E-state index < -0.39 is 0 Å². The van der Waals surface area contributed by atoms with Crippen LogP contribution in [0.3, 0.4) is 0 Å². The Morgan fingerprint density at radius 3 is 3.00 bits per heavy atom. The van der Waals surface area contributed by atoms with Gasteiger partial charge in [-0.05, 0) is 29.7 Å². The maximum atomic E-state index is 5.53. The lowest BCUT2D eigenvalue weighted by molar-refractivity contribution is 0.543. The van der Waals surface area contributed by atoms with Gasteiger partial charge in [-0.15, -0.1) is 11.3 Å². The second kappa shape index (κ2) is 4.89. The SMILES string of the molecule is c1coc(-c2scnc2C2[N]CCc3ccccc32)c1. The summed E-state index contributed by atoms with van der Waals surface area (Å²) in [6.45, 7) is 0.858. The molecule has 0 bridgehead atoms. The van der Waals surface area contributed by atoms with Crippen LogP contribution in [0.2, 0.25) is 0 Å². The molecule has 99 valence electrons. The highest BCUT2D eigenvalue weighted by Gasteiger charge is 2.27. The van der Waals surface area contributed by atoms with Crippen LogP contribution in [0.1, 0.15) is 22.9 Å². The molecule has 3 nitrogen and oxygen atoms in total. The Kier molecular flexibility index (Phi) is 2.90. The molecule has 2 aromatic heterocycles. The molecule has 0 N–H and O–H groups in total. The molecule has 1 aromatic carbocycles. The van der Waals surface area contributed by atoms with Crippen molar-refractivity contribution in [2.24, 2.45) is 0 Å². The minimum atomic E-state index is 0.0336. The molecule has 3 heterocycles. The average molecular weight is 281 g/mol. The van der Waals surface area contributed by atoms with E-state index in [1.54, 1.807) is 17.6 Å². The van der Waals surface area contributed by atoms with Crippen LogP contribution >= 0.6 is 11.3 Å². The Morgan fingerprint density at radius 1 is 1.15 bits per heavy atom. The highest BCUT2D eigenvalue weighted by atomic mass is 32.1. The molecule has 0 fully saturated rings.